The maximum atomic E-state index is 12.8. The van der Waals surface area contributed by atoms with E-state index < -0.39 is 0 Å². The topological polar surface area (TPSA) is 65.4 Å². The second kappa shape index (κ2) is 11.3. The van der Waals surface area contributed by atoms with Crippen LogP contribution in [0, 0.1) is 11.3 Å². The molecule has 0 aromatic heterocycles. The summed E-state index contributed by atoms with van der Waals surface area (Å²) >= 11 is 0. The van der Waals surface area contributed by atoms with Crippen molar-refractivity contribution < 1.29 is 9.53 Å². The van der Waals surface area contributed by atoms with Crippen LogP contribution in [0.4, 0.5) is 0 Å². The summed E-state index contributed by atoms with van der Waals surface area (Å²) in [6.07, 6.45) is 4.67. The molecular formula is C23H31N3O2. The number of methoxy groups -OCH3 is 1. The minimum atomic E-state index is -0.204. The molecule has 5 heteroatoms. The lowest BCUT2D eigenvalue weighted by atomic mass is 9.99. The predicted octanol–water partition coefficient (Wildman–Crippen LogP) is 4.35. The second-order valence-corrected chi connectivity index (χ2v) is 6.97. The van der Waals surface area contributed by atoms with Crippen LogP contribution in [-0.2, 0) is 0 Å². The average Bonchev–Trinajstić information content (AvgIpc) is 2.73. The molecule has 0 aliphatic heterocycles. The van der Waals surface area contributed by atoms with Crippen molar-refractivity contribution in [3.63, 3.8) is 0 Å². The van der Waals surface area contributed by atoms with Gasteiger partial charge in [0, 0.05) is 23.9 Å². The molecule has 0 spiro atoms. The Morgan fingerprint density at radius 1 is 1.11 bits per heavy atom. The summed E-state index contributed by atoms with van der Waals surface area (Å²) in [6.45, 7) is 7.91. The molecule has 2 aromatic rings. The Balaban J connectivity index is 2.13. The van der Waals surface area contributed by atoms with E-state index >= 15 is 0 Å². The van der Waals surface area contributed by atoms with E-state index in [1.54, 1.807) is 13.2 Å². The van der Waals surface area contributed by atoms with Crippen LogP contribution in [0.5, 0.6) is 5.75 Å². The molecule has 0 fully saturated rings. The second-order valence-electron chi connectivity index (χ2n) is 6.97. The molecular weight excluding hydrogens is 350 g/mol. The van der Waals surface area contributed by atoms with Gasteiger partial charge in [0.05, 0.1) is 24.3 Å². The number of fused-ring (bicyclic) bond motifs is 1. The van der Waals surface area contributed by atoms with Gasteiger partial charge in [-0.3, -0.25) is 4.79 Å². The lowest BCUT2D eigenvalue weighted by Gasteiger charge is -2.22. The maximum Gasteiger partial charge on any atom is 0.255 e. The highest BCUT2D eigenvalue weighted by molar-refractivity contribution is 6.05. The monoisotopic (exact) mass is 381 g/mol. The third-order valence-corrected chi connectivity index (χ3v) is 4.93. The van der Waals surface area contributed by atoms with E-state index in [1.807, 2.05) is 24.3 Å². The van der Waals surface area contributed by atoms with Crippen molar-refractivity contribution in [2.24, 2.45) is 0 Å². The van der Waals surface area contributed by atoms with Crippen molar-refractivity contribution in [1.29, 1.82) is 5.26 Å². The molecule has 0 saturated heterocycles. The summed E-state index contributed by atoms with van der Waals surface area (Å²) < 4.78 is 5.53. The molecule has 0 saturated carbocycles. The number of unbranched alkanes of at least 4 members (excludes halogenated alkanes) is 2. The highest BCUT2D eigenvalue weighted by Gasteiger charge is 2.18. The van der Waals surface area contributed by atoms with Crippen molar-refractivity contribution in [1.82, 2.24) is 10.2 Å². The molecule has 0 aliphatic carbocycles. The normalized spacial score (nSPS) is 10.8. The SMILES string of the molecule is CCCCN(CCCC)CCNC(=O)c1cc(C#N)c2ccccc2c1OC. The third kappa shape index (κ3) is 5.46. The predicted molar refractivity (Wildman–Crippen MR) is 114 cm³/mol. The van der Waals surface area contributed by atoms with Crippen LogP contribution in [0.25, 0.3) is 10.8 Å². The lowest BCUT2D eigenvalue weighted by Crippen LogP contribution is -2.36. The third-order valence-electron chi connectivity index (χ3n) is 4.93. The Hall–Kier alpha value is -2.58. The molecule has 1 N–H and O–H groups in total. The number of hydrogen-bond donors (Lipinski definition) is 1. The molecule has 2 aromatic carbocycles. The zero-order valence-electron chi connectivity index (χ0n) is 17.3. The highest BCUT2D eigenvalue weighted by Crippen LogP contribution is 2.32. The summed E-state index contributed by atoms with van der Waals surface area (Å²) in [6, 6.07) is 11.3. The quantitative estimate of drug-likeness (QED) is 0.628. The van der Waals surface area contributed by atoms with E-state index in [2.05, 4.69) is 30.1 Å². The number of amides is 1. The number of rotatable bonds is 11. The summed E-state index contributed by atoms with van der Waals surface area (Å²) in [5.41, 5.74) is 0.889. The smallest absolute Gasteiger partial charge is 0.255 e. The van der Waals surface area contributed by atoms with Crippen molar-refractivity contribution in [3.05, 3.63) is 41.5 Å². The van der Waals surface area contributed by atoms with Gasteiger partial charge in [-0.1, -0.05) is 51.0 Å². The van der Waals surface area contributed by atoms with Crippen LogP contribution in [0.15, 0.2) is 30.3 Å². The summed E-state index contributed by atoms with van der Waals surface area (Å²) in [4.78, 5) is 15.2. The van der Waals surface area contributed by atoms with E-state index in [0.717, 1.165) is 30.4 Å². The van der Waals surface area contributed by atoms with Gasteiger partial charge >= 0.3 is 0 Å². The Bertz CT molecular complexity index is 818. The van der Waals surface area contributed by atoms with Crippen LogP contribution in [-0.4, -0.2) is 44.1 Å². The van der Waals surface area contributed by atoms with Crippen molar-refractivity contribution in [2.75, 3.05) is 33.3 Å². The Morgan fingerprint density at radius 2 is 1.75 bits per heavy atom. The van der Waals surface area contributed by atoms with E-state index in [1.165, 1.54) is 25.7 Å². The van der Waals surface area contributed by atoms with Gasteiger partial charge in [-0.25, -0.2) is 0 Å². The van der Waals surface area contributed by atoms with Gasteiger partial charge in [0.2, 0.25) is 0 Å². The standard InChI is InChI=1S/C23H31N3O2/c1-4-6-13-26(14-7-5-2)15-12-25-23(27)21-16-18(17-24)19-10-8-9-11-20(19)22(21)28-3/h8-11,16H,4-7,12-15H2,1-3H3,(H,25,27). The van der Waals surface area contributed by atoms with Crippen molar-refractivity contribution in [2.45, 2.75) is 39.5 Å². The fraction of sp³-hybridized carbons (Fsp3) is 0.478. The summed E-state index contributed by atoms with van der Waals surface area (Å²) in [7, 11) is 1.56. The van der Waals surface area contributed by atoms with Crippen LogP contribution < -0.4 is 10.1 Å². The van der Waals surface area contributed by atoms with Crippen LogP contribution in [0.3, 0.4) is 0 Å². The van der Waals surface area contributed by atoms with E-state index in [0.29, 0.717) is 23.4 Å². The van der Waals surface area contributed by atoms with Gasteiger partial charge in [-0.05, 0) is 32.0 Å². The Labute approximate surface area is 168 Å². The number of benzene rings is 2. The first-order chi connectivity index (χ1) is 13.7. The Kier molecular flexibility index (Phi) is 8.77. The number of nitrogens with zero attached hydrogens (tertiary/aromatic N) is 2. The first-order valence-electron chi connectivity index (χ1n) is 10.2. The van der Waals surface area contributed by atoms with Gasteiger partial charge in [0.15, 0.2) is 0 Å². The number of carbonyl (C=O) groups is 1. The first kappa shape index (κ1) is 21.7. The number of hydrogen-bond acceptors (Lipinski definition) is 4. The molecule has 0 atom stereocenters. The van der Waals surface area contributed by atoms with Gasteiger partial charge in [0.1, 0.15) is 5.75 Å². The van der Waals surface area contributed by atoms with Gasteiger partial charge in [0.25, 0.3) is 5.91 Å². The molecule has 1 amide bonds. The van der Waals surface area contributed by atoms with Crippen LogP contribution in [0.2, 0.25) is 0 Å². The molecule has 150 valence electrons. The minimum Gasteiger partial charge on any atom is -0.495 e. The molecule has 5 nitrogen and oxygen atoms in total. The fourth-order valence-corrected chi connectivity index (χ4v) is 3.35. The molecule has 0 bridgehead atoms. The fourth-order valence-electron chi connectivity index (χ4n) is 3.35. The molecule has 28 heavy (non-hydrogen) atoms. The summed E-state index contributed by atoms with van der Waals surface area (Å²) in [5, 5.41) is 14.1. The van der Waals surface area contributed by atoms with Gasteiger partial charge in [-0.15, -0.1) is 0 Å². The van der Waals surface area contributed by atoms with Crippen LogP contribution in [0.1, 0.15) is 55.5 Å². The lowest BCUT2D eigenvalue weighted by molar-refractivity contribution is 0.0945. The maximum absolute atomic E-state index is 12.8. The minimum absolute atomic E-state index is 0.204. The molecule has 2 rings (SSSR count). The van der Waals surface area contributed by atoms with Crippen LogP contribution >= 0.6 is 0 Å². The number of nitriles is 1. The molecule has 0 radical (unpaired) electrons. The number of ether oxygens (including phenoxy) is 1. The average molecular weight is 382 g/mol. The molecule has 0 heterocycles. The zero-order chi connectivity index (χ0) is 20.4. The van der Waals surface area contributed by atoms with E-state index in [9.17, 15) is 10.1 Å². The molecule has 0 unspecified atom stereocenters. The number of carbonyl (C=O) groups excluding carboxylic acids is 1. The van der Waals surface area contributed by atoms with E-state index in [-0.39, 0.29) is 5.91 Å². The number of nitrogens with one attached hydrogen (secondary N) is 1. The molecule has 0 aliphatic rings. The van der Waals surface area contributed by atoms with Gasteiger partial charge in [-0.2, -0.15) is 5.26 Å². The summed E-state index contributed by atoms with van der Waals surface area (Å²) in [5.74, 6) is 0.311. The highest BCUT2D eigenvalue weighted by atomic mass is 16.5. The zero-order valence-corrected chi connectivity index (χ0v) is 17.3. The Morgan fingerprint density at radius 3 is 2.32 bits per heavy atom. The van der Waals surface area contributed by atoms with Crippen molar-refractivity contribution >= 4 is 16.7 Å². The van der Waals surface area contributed by atoms with Gasteiger partial charge < -0.3 is 15.0 Å². The van der Waals surface area contributed by atoms with E-state index in [4.69, 9.17) is 4.74 Å². The first-order valence-corrected chi connectivity index (χ1v) is 10.2. The van der Waals surface area contributed by atoms with Crippen molar-refractivity contribution in [3.8, 4) is 11.8 Å². The largest absolute Gasteiger partial charge is 0.495 e.